The highest BCUT2D eigenvalue weighted by Gasteiger charge is 2.29. The van der Waals surface area contributed by atoms with Crippen LogP contribution in [0.25, 0.3) is 0 Å². The zero-order valence-corrected chi connectivity index (χ0v) is 18.6. The van der Waals surface area contributed by atoms with Gasteiger partial charge in [0.05, 0.1) is 13.2 Å². The second kappa shape index (κ2) is 17.3. The summed E-state index contributed by atoms with van der Waals surface area (Å²) in [6.45, 7) is 5.82. The van der Waals surface area contributed by atoms with Gasteiger partial charge in [-0.15, -0.1) is 0 Å². The number of carboxylic acid groups (broad SMARTS) is 1. The van der Waals surface area contributed by atoms with E-state index in [-0.39, 0.29) is 24.5 Å². The summed E-state index contributed by atoms with van der Waals surface area (Å²) in [6.07, 6.45) is 12.9. The molecule has 0 spiro atoms. The van der Waals surface area contributed by atoms with Crippen LogP contribution in [0.5, 0.6) is 0 Å². The number of quaternary nitrogens is 1. The molecule has 0 radical (unpaired) electrons. The summed E-state index contributed by atoms with van der Waals surface area (Å²) in [5.41, 5.74) is 0. The Kier molecular flexibility index (Phi) is 16.4. The standard InChI is InChI=1S/C23H43NO5/c1-3-5-7-9-13-21(26)19-24(17-18-25,16-12-11-15-23(28)29)20-22(27)14-10-8-6-4-2/h13-14,25H,3-12,15-20H2,1-2H3,(H2-,26,27,28,29)/b21-13-,22-14-. The second-order valence-corrected chi connectivity index (χ2v) is 8.04. The fourth-order valence-electron chi connectivity index (χ4n) is 3.56. The Balaban J connectivity index is 5.16. The molecule has 0 amide bonds. The Hall–Kier alpha value is -1.53. The molecule has 0 aliphatic rings. The van der Waals surface area contributed by atoms with Crippen LogP contribution in [0.1, 0.15) is 84.5 Å². The first kappa shape index (κ1) is 27.5. The number of aliphatic hydroxyl groups is 3. The summed E-state index contributed by atoms with van der Waals surface area (Å²) in [4.78, 5) is 10.7. The van der Waals surface area contributed by atoms with Crippen LogP contribution in [0.4, 0.5) is 0 Å². The van der Waals surface area contributed by atoms with Crippen LogP contribution in [-0.2, 0) is 4.79 Å². The first-order valence-corrected chi connectivity index (χ1v) is 11.3. The fourth-order valence-corrected chi connectivity index (χ4v) is 3.56. The molecular formula is C23H43NO5. The number of rotatable bonds is 19. The Morgan fingerprint density at radius 1 is 0.828 bits per heavy atom. The van der Waals surface area contributed by atoms with Gasteiger partial charge in [-0.1, -0.05) is 39.5 Å². The molecule has 6 heteroatoms. The third kappa shape index (κ3) is 15.0. The summed E-state index contributed by atoms with van der Waals surface area (Å²) in [7, 11) is 0. The van der Waals surface area contributed by atoms with E-state index >= 15 is 0 Å². The van der Waals surface area contributed by atoms with Crippen molar-refractivity contribution < 1.29 is 29.7 Å². The van der Waals surface area contributed by atoms with Crippen LogP contribution >= 0.6 is 0 Å². The Labute approximate surface area is 177 Å². The number of carbonyl (C=O) groups is 1. The quantitative estimate of drug-likeness (QED) is 0.170. The molecule has 0 bridgehead atoms. The lowest BCUT2D eigenvalue weighted by Gasteiger charge is -2.38. The average molecular weight is 414 g/mol. The van der Waals surface area contributed by atoms with Gasteiger partial charge in [0.1, 0.15) is 31.2 Å². The van der Waals surface area contributed by atoms with Crippen molar-refractivity contribution in [2.24, 2.45) is 0 Å². The highest BCUT2D eigenvalue weighted by Crippen LogP contribution is 2.17. The third-order valence-corrected chi connectivity index (χ3v) is 5.21. The lowest BCUT2D eigenvalue weighted by Crippen LogP contribution is -2.53. The summed E-state index contributed by atoms with van der Waals surface area (Å²) in [5.74, 6) is -0.524. The van der Waals surface area contributed by atoms with Crippen LogP contribution in [0, 0.1) is 0 Å². The molecule has 0 aromatic rings. The largest absolute Gasteiger partial charge is 0.550 e. The van der Waals surface area contributed by atoms with Crippen molar-refractivity contribution in [1.82, 2.24) is 0 Å². The van der Waals surface area contributed by atoms with Gasteiger partial charge in [-0.05, 0) is 57.1 Å². The fraction of sp³-hybridized carbons (Fsp3) is 0.783. The minimum Gasteiger partial charge on any atom is -0.550 e. The normalized spacial score (nSPS) is 14.7. The van der Waals surface area contributed by atoms with Gasteiger partial charge in [0.2, 0.25) is 0 Å². The van der Waals surface area contributed by atoms with E-state index in [1.165, 1.54) is 0 Å². The number of hydrogen-bond donors (Lipinski definition) is 3. The maximum Gasteiger partial charge on any atom is 0.143 e. The number of aliphatic hydroxyl groups excluding tert-OH is 3. The van der Waals surface area contributed by atoms with E-state index in [2.05, 4.69) is 13.8 Å². The van der Waals surface area contributed by atoms with Gasteiger partial charge in [-0.2, -0.15) is 0 Å². The summed E-state index contributed by atoms with van der Waals surface area (Å²) in [6, 6.07) is 0. The van der Waals surface area contributed by atoms with Gasteiger partial charge in [-0.3, -0.25) is 0 Å². The van der Waals surface area contributed by atoms with Crippen molar-refractivity contribution >= 4 is 5.97 Å². The van der Waals surface area contributed by atoms with Crippen molar-refractivity contribution in [2.45, 2.75) is 84.5 Å². The van der Waals surface area contributed by atoms with Crippen LogP contribution < -0.4 is 5.11 Å². The van der Waals surface area contributed by atoms with Crippen molar-refractivity contribution in [3.8, 4) is 0 Å². The number of hydrogen-bond acceptors (Lipinski definition) is 5. The number of allylic oxidation sites excluding steroid dienone is 2. The first-order valence-electron chi connectivity index (χ1n) is 11.3. The number of aliphatic carboxylic acids is 1. The zero-order valence-electron chi connectivity index (χ0n) is 18.6. The SMILES string of the molecule is CCCCC/C=C(\O)C[N+](CCO)(CCCCC(=O)[O-])C/C(O)=C/CCCCC. The van der Waals surface area contributed by atoms with Gasteiger partial charge in [0.25, 0.3) is 0 Å². The van der Waals surface area contributed by atoms with Crippen molar-refractivity contribution in [1.29, 1.82) is 0 Å². The monoisotopic (exact) mass is 413 g/mol. The molecule has 0 aromatic carbocycles. The van der Waals surface area contributed by atoms with E-state index in [0.29, 0.717) is 43.5 Å². The molecule has 29 heavy (non-hydrogen) atoms. The molecule has 0 unspecified atom stereocenters. The van der Waals surface area contributed by atoms with Crippen LogP contribution in [0.3, 0.4) is 0 Å². The Morgan fingerprint density at radius 3 is 1.76 bits per heavy atom. The Bertz CT molecular complexity index is 460. The highest BCUT2D eigenvalue weighted by atomic mass is 16.4. The molecule has 0 aromatic heterocycles. The molecule has 0 fully saturated rings. The molecular weight excluding hydrogens is 370 g/mol. The lowest BCUT2D eigenvalue weighted by molar-refractivity contribution is -0.922. The number of nitrogens with zero attached hydrogens (tertiary/aromatic N) is 1. The van der Waals surface area contributed by atoms with E-state index in [9.17, 15) is 25.2 Å². The molecule has 0 aliphatic heterocycles. The second-order valence-electron chi connectivity index (χ2n) is 8.04. The van der Waals surface area contributed by atoms with Crippen LogP contribution in [-0.4, -0.2) is 58.6 Å². The number of carboxylic acids is 1. The van der Waals surface area contributed by atoms with E-state index in [4.69, 9.17) is 0 Å². The van der Waals surface area contributed by atoms with Gasteiger partial charge >= 0.3 is 0 Å². The molecule has 0 rings (SSSR count). The van der Waals surface area contributed by atoms with Crippen molar-refractivity contribution in [3.05, 3.63) is 23.7 Å². The predicted molar refractivity (Wildman–Crippen MR) is 115 cm³/mol. The minimum absolute atomic E-state index is 0.00317. The Morgan fingerprint density at radius 2 is 1.34 bits per heavy atom. The van der Waals surface area contributed by atoms with Crippen molar-refractivity contribution in [3.63, 3.8) is 0 Å². The van der Waals surface area contributed by atoms with Gasteiger partial charge in [0, 0.05) is 5.97 Å². The summed E-state index contributed by atoms with van der Waals surface area (Å²) in [5, 5.41) is 41.3. The van der Waals surface area contributed by atoms with Crippen molar-refractivity contribution in [2.75, 3.05) is 32.8 Å². The molecule has 3 N–H and O–H groups in total. The number of unbranched alkanes of at least 4 members (excludes halogenated alkanes) is 7. The van der Waals surface area contributed by atoms with Gasteiger partial charge < -0.3 is 29.7 Å². The van der Waals surface area contributed by atoms with Crippen LogP contribution in [0.15, 0.2) is 23.7 Å². The third-order valence-electron chi connectivity index (χ3n) is 5.21. The van der Waals surface area contributed by atoms with E-state index in [1.807, 2.05) is 12.2 Å². The topological polar surface area (TPSA) is 101 Å². The maximum atomic E-state index is 10.7. The van der Waals surface area contributed by atoms with E-state index in [0.717, 1.165) is 51.4 Å². The van der Waals surface area contributed by atoms with E-state index in [1.54, 1.807) is 0 Å². The minimum atomic E-state index is -1.07. The summed E-state index contributed by atoms with van der Waals surface area (Å²) >= 11 is 0. The average Bonchev–Trinajstić information content (AvgIpc) is 2.66. The molecule has 6 nitrogen and oxygen atoms in total. The molecule has 0 saturated heterocycles. The molecule has 170 valence electrons. The number of carbonyl (C=O) groups excluding carboxylic acids is 1. The summed E-state index contributed by atoms with van der Waals surface area (Å²) < 4.78 is 0.315. The van der Waals surface area contributed by atoms with Gasteiger partial charge in [-0.25, -0.2) is 0 Å². The van der Waals surface area contributed by atoms with Gasteiger partial charge in [0.15, 0.2) is 0 Å². The molecule has 0 heterocycles. The highest BCUT2D eigenvalue weighted by molar-refractivity contribution is 5.64. The van der Waals surface area contributed by atoms with Crippen LogP contribution in [0.2, 0.25) is 0 Å². The smallest absolute Gasteiger partial charge is 0.143 e. The maximum absolute atomic E-state index is 10.7. The predicted octanol–water partition coefficient (Wildman–Crippen LogP) is 3.76. The lowest BCUT2D eigenvalue weighted by atomic mass is 10.1. The first-order chi connectivity index (χ1) is 13.9. The molecule has 0 atom stereocenters. The molecule has 0 aliphatic carbocycles. The molecule has 0 saturated carbocycles. The zero-order chi connectivity index (χ0) is 22.0. The van der Waals surface area contributed by atoms with E-state index < -0.39 is 5.97 Å².